The fourth-order valence-corrected chi connectivity index (χ4v) is 4.01. The number of nitrogens with zero attached hydrogens (tertiary/aromatic N) is 1. The minimum atomic E-state index is 0.380. The lowest BCUT2D eigenvalue weighted by molar-refractivity contribution is 0.354. The van der Waals surface area contributed by atoms with Crippen LogP contribution in [-0.2, 0) is 0 Å². The Balaban J connectivity index is 1.88. The van der Waals surface area contributed by atoms with Crippen LogP contribution in [-0.4, -0.2) is 25.2 Å². The molecule has 104 valence electrons. The van der Waals surface area contributed by atoms with Gasteiger partial charge in [-0.1, -0.05) is 34.8 Å². The summed E-state index contributed by atoms with van der Waals surface area (Å²) in [5.41, 5.74) is 3.16. The van der Waals surface area contributed by atoms with Gasteiger partial charge in [-0.15, -0.1) is 0 Å². The van der Waals surface area contributed by atoms with Gasteiger partial charge in [0.15, 0.2) is 0 Å². The van der Waals surface area contributed by atoms with Crippen molar-refractivity contribution in [3.63, 3.8) is 0 Å². The van der Waals surface area contributed by atoms with Gasteiger partial charge < -0.3 is 10.2 Å². The Kier molecular flexibility index (Phi) is 3.86. The quantitative estimate of drug-likeness (QED) is 0.844. The zero-order chi connectivity index (χ0) is 13.3. The van der Waals surface area contributed by atoms with Gasteiger partial charge >= 0.3 is 0 Å². The van der Waals surface area contributed by atoms with Crippen molar-refractivity contribution in [2.75, 3.05) is 24.5 Å². The molecule has 0 amide bonds. The molecule has 1 saturated heterocycles. The van der Waals surface area contributed by atoms with Gasteiger partial charge in [-0.3, -0.25) is 0 Å². The number of benzene rings is 1. The van der Waals surface area contributed by atoms with Crippen LogP contribution in [0.5, 0.6) is 0 Å². The fourth-order valence-electron chi connectivity index (χ4n) is 3.65. The molecule has 0 atom stereocenters. The minimum Gasteiger partial charge on any atom is -0.369 e. The fraction of sp³-hybridized carbons (Fsp3) is 0.625. The van der Waals surface area contributed by atoms with E-state index in [1.807, 2.05) is 0 Å². The monoisotopic (exact) mass is 322 g/mol. The highest BCUT2D eigenvalue weighted by atomic mass is 79.9. The average Bonchev–Trinajstić information content (AvgIpc) is 2.74. The predicted molar refractivity (Wildman–Crippen MR) is 84.9 cm³/mol. The molecule has 1 aromatic rings. The Morgan fingerprint density at radius 3 is 2.79 bits per heavy atom. The molecule has 1 aliphatic heterocycles. The van der Waals surface area contributed by atoms with Gasteiger partial charge in [-0.25, -0.2) is 0 Å². The molecule has 19 heavy (non-hydrogen) atoms. The highest BCUT2D eigenvalue weighted by Gasteiger charge is 2.36. The third-order valence-electron chi connectivity index (χ3n) is 4.74. The zero-order valence-electron chi connectivity index (χ0n) is 11.7. The topological polar surface area (TPSA) is 15.3 Å². The van der Waals surface area contributed by atoms with Gasteiger partial charge in [-0.2, -0.15) is 0 Å². The maximum atomic E-state index is 3.84. The van der Waals surface area contributed by atoms with Gasteiger partial charge in [-0.05, 0) is 50.4 Å². The van der Waals surface area contributed by atoms with Crippen LogP contribution >= 0.6 is 15.9 Å². The van der Waals surface area contributed by atoms with Crippen molar-refractivity contribution in [3.8, 4) is 0 Å². The van der Waals surface area contributed by atoms with E-state index in [9.17, 15) is 0 Å². The van der Waals surface area contributed by atoms with Crippen molar-refractivity contribution in [1.82, 2.24) is 5.32 Å². The van der Waals surface area contributed by atoms with Crippen LogP contribution in [0.1, 0.15) is 37.7 Å². The standard InChI is InChI=1S/C16H23BrN2/c1-13-14(17)6-4-7-15(13)19-11-5-10-18-16(12-19)8-2-3-9-16/h4,6-7,18H,2-3,5,8-12H2,1H3. The molecule has 1 heterocycles. The summed E-state index contributed by atoms with van der Waals surface area (Å²) in [6.45, 7) is 5.74. The van der Waals surface area contributed by atoms with Gasteiger partial charge in [0.25, 0.3) is 0 Å². The molecule has 0 radical (unpaired) electrons. The lowest BCUT2D eigenvalue weighted by atomic mass is 9.96. The van der Waals surface area contributed by atoms with Gasteiger partial charge in [0.1, 0.15) is 0 Å². The first kappa shape index (κ1) is 13.4. The van der Waals surface area contributed by atoms with Crippen molar-refractivity contribution >= 4 is 21.6 Å². The molecule has 2 fully saturated rings. The Hall–Kier alpha value is -0.540. The third kappa shape index (κ3) is 2.68. The van der Waals surface area contributed by atoms with Crippen LogP contribution in [0.2, 0.25) is 0 Å². The molecule has 1 aliphatic carbocycles. The molecule has 2 aliphatic rings. The Morgan fingerprint density at radius 1 is 1.21 bits per heavy atom. The second kappa shape index (κ2) is 5.45. The first-order valence-corrected chi connectivity index (χ1v) is 8.25. The van der Waals surface area contributed by atoms with Gasteiger partial charge in [0.05, 0.1) is 0 Å². The highest BCUT2D eigenvalue weighted by Crippen LogP contribution is 2.35. The van der Waals surface area contributed by atoms with Crippen molar-refractivity contribution in [1.29, 1.82) is 0 Å². The normalized spacial score (nSPS) is 22.7. The second-order valence-corrected chi connectivity index (χ2v) is 6.93. The maximum Gasteiger partial charge on any atom is 0.0407 e. The molecule has 1 aromatic carbocycles. The summed E-state index contributed by atoms with van der Waals surface area (Å²) < 4.78 is 1.22. The van der Waals surface area contributed by atoms with Gasteiger partial charge in [0, 0.05) is 28.8 Å². The van der Waals surface area contributed by atoms with Crippen LogP contribution in [0.25, 0.3) is 0 Å². The summed E-state index contributed by atoms with van der Waals surface area (Å²) in [5, 5.41) is 3.84. The lowest BCUT2D eigenvalue weighted by Gasteiger charge is -2.35. The van der Waals surface area contributed by atoms with E-state index in [1.54, 1.807) is 0 Å². The molecule has 1 spiro atoms. The molecule has 0 bridgehead atoms. The number of anilines is 1. The number of hydrogen-bond donors (Lipinski definition) is 1. The highest BCUT2D eigenvalue weighted by molar-refractivity contribution is 9.10. The van der Waals surface area contributed by atoms with Crippen LogP contribution in [0.15, 0.2) is 22.7 Å². The Bertz CT molecular complexity index is 452. The summed E-state index contributed by atoms with van der Waals surface area (Å²) in [6.07, 6.45) is 6.71. The van der Waals surface area contributed by atoms with Gasteiger partial charge in [0.2, 0.25) is 0 Å². The third-order valence-corrected chi connectivity index (χ3v) is 5.60. The molecule has 1 saturated carbocycles. The molecule has 0 unspecified atom stereocenters. The molecule has 2 nitrogen and oxygen atoms in total. The van der Waals surface area contributed by atoms with Crippen molar-refractivity contribution in [2.45, 2.75) is 44.6 Å². The van der Waals surface area contributed by atoms with Crippen LogP contribution in [0, 0.1) is 6.92 Å². The first-order chi connectivity index (χ1) is 9.20. The van der Waals surface area contributed by atoms with Crippen molar-refractivity contribution < 1.29 is 0 Å². The maximum absolute atomic E-state index is 3.84. The number of hydrogen-bond acceptors (Lipinski definition) is 2. The molecule has 1 N–H and O–H groups in total. The number of nitrogens with one attached hydrogen (secondary N) is 1. The van der Waals surface area contributed by atoms with E-state index in [-0.39, 0.29) is 0 Å². The minimum absolute atomic E-state index is 0.380. The van der Waals surface area contributed by atoms with Crippen molar-refractivity contribution in [2.24, 2.45) is 0 Å². The molecule has 3 heteroatoms. The molecule has 0 aromatic heterocycles. The van der Waals surface area contributed by atoms with Crippen LogP contribution in [0.3, 0.4) is 0 Å². The zero-order valence-corrected chi connectivity index (χ0v) is 13.3. The van der Waals surface area contributed by atoms with E-state index in [0.29, 0.717) is 5.54 Å². The van der Waals surface area contributed by atoms with Crippen LogP contribution in [0.4, 0.5) is 5.69 Å². The summed E-state index contributed by atoms with van der Waals surface area (Å²) in [6, 6.07) is 6.57. The lowest BCUT2D eigenvalue weighted by Crippen LogP contribution is -2.49. The summed E-state index contributed by atoms with van der Waals surface area (Å²) >= 11 is 3.66. The molecular formula is C16H23BrN2. The number of halogens is 1. The Morgan fingerprint density at radius 2 is 2.00 bits per heavy atom. The van der Waals surface area contributed by atoms with E-state index in [2.05, 4.69) is 51.3 Å². The van der Waals surface area contributed by atoms with Crippen LogP contribution < -0.4 is 10.2 Å². The largest absolute Gasteiger partial charge is 0.369 e. The number of rotatable bonds is 1. The Labute approximate surface area is 124 Å². The molecular weight excluding hydrogens is 300 g/mol. The van der Waals surface area contributed by atoms with E-state index in [1.165, 1.54) is 67.5 Å². The molecule has 3 rings (SSSR count). The van der Waals surface area contributed by atoms with E-state index in [4.69, 9.17) is 0 Å². The van der Waals surface area contributed by atoms with Crippen molar-refractivity contribution in [3.05, 3.63) is 28.2 Å². The summed E-state index contributed by atoms with van der Waals surface area (Å²) in [4.78, 5) is 2.60. The van der Waals surface area contributed by atoms with E-state index in [0.717, 1.165) is 0 Å². The van der Waals surface area contributed by atoms with E-state index < -0.39 is 0 Å². The summed E-state index contributed by atoms with van der Waals surface area (Å²) in [5.74, 6) is 0. The average molecular weight is 323 g/mol. The second-order valence-electron chi connectivity index (χ2n) is 6.07. The van der Waals surface area contributed by atoms with E-state index >= 15 is 0 Å². The first-order valence-electron chi connectivity index (χ1n) is 7.45. The predicted octanol–water partition coefficient (Wildman–Crippen LogP) is 3.87. The SMILES string of the molecule is Cc1c(Br)cccc1N1CCCNC2(CCCC2)C1. The summed E-state index contributed by atoms with van der Waals surface area (Å²) in [7, 11) is 0. The smallest absolute Gasteiger partial charge is 0.0407 e.